The summed E-state index contributed by atoms with van der Waals surface area (Å²) >= 11 is 0. The molecule has 0 radical (unpaired) electrons. The Kier molecular flexibility index (Phi) is 6.31. The van der Waals surface area contributed by atoms with Gasteiger partial charge in [0.2, 0.25) is 0 Å². The number of nitrogens with zero attached hydrogens (tertiary/aromatic N) is 1. The summed E-state index contributed by atoms with van der Waals surface area (Å²) in [5, 5.41) is 3.56. The third-order valence-electron chi connectivity index (χ3n) is 3.61. The summed E-state index contributed by atoms with van der Waals surface area (Å²) in [5.41, 5.74) is 2.63. The number of aromatic nitrogens is 1. The van der Waals surface area contributed by atoms with E-state index in [0.717, 1.165) is 18.7 Å². The molecule has 2 atom stereocenters. The van der Waals surface area contributed by atoms with Crippen LogP contribution in [0.2, 0.25) is 0 Å². The number of fused-ring (bicyclic) bond motifs is 2. The van der Waals surface area contributed by atoms with Gasteiger partial charge in [0.15, 0.2) is 0 Å². The molecule has 2 unspecified atom stereocenters. The quantitative estimate of drug-likeness (QED) is 0.927. The van der Waals surface area contributed by atoms with Gasteiger partial charge in [-0.15, -0.1) is 24.8 Å². The van der Waals surface area contributed by atoms with Crippen LogP contribution in [0.1, 0.15) is 32.3 Å². The van der Waals surface area contributed by atoms with Crippen LogP contribution in [0.3, 0.4) is 0 Å². The van der Waals surface area contributed by atoms with Gasteiger partial charge < -0.3 is 10.1 Å². The van der Waals surface area contributed by atoms with Gasteiger partial charge in [-0.25, -0.2) is 0 Å². The summed E-state index contributed by atoms with van der Waals surface area (Å²) in [6.45, 7) is 5.21. The van der Waals surface area contributed by atoms with Gasteiger partial charge in [0, 0.05) is 18.8 Å². The van der Waals surface area contributed by atoms with Crippen LogP contribution in [0.15, 0.2) is 24.5 Å². The maximum Gasteiger partial charge on any atom is 0.138 e. The average Bonchev–Trinajstić information content (AvgIpc) is 2.68. The van der Waals surface area contributed by atoms with Gasteiger partial charge in [-0.1, -0.05) is 6.08 Å². The molecule has 1 aromatic rings. The standard InChI is InChI=1S/C15H20N2O.2ClH/c1-10(2)18-15-6-13(8-16-9-15)12-3-11-4-14(5-12)17-7-11;;/h3,6,8-11,14,17H,4-5,7H2,1-2H3;2*1H. The lowest BCUT2D eigenvalue weighted by atomic mass is 9.88. The molecule has 112 valence electrons. The predicted molar refractivity (Wildman–Crippen MR) is 87.0 cm³/mol. The van der Waals surface area contributed by atoms with E-state index in [2.05, 4.69) is 22.4 Å². The van der Waals surface area contributed by atoms with Gasteiger partial charge in [-0.3, -0.25) is 4.98 Å². The monoisotopic (exact) mass is 316 g/mol. The SMILES string of the molecule is CC(C)Oc1cncc(C2=CC3CNC(C2)C3)c1.Cl.Cl. The number of pyridine rings is 1. The van der Waals surface area contributed by atoms with Crippen molar-refractivity contribution in [3.8, 4) is 5.75 Å². The number of hydrogen-bond donors (Lipinski definition) is 1. The average molecular weight is 317 g/mol. The molecule has 0 amide bonds. The largest absolute Gasteiger partial charge is 0.489 e. The molecule has 1 saturated heterocycles. The van der Waals surface area contributed by atoms with Crippen LogP contribution in [0.5, 0.6) is 5.75 Å². The molecule has 20 heavy (non-hydrogen) atoms. The molecular weight excluding hydrogens is 295 g/mol. The minimum atomic E-state index is 0. The zero-order valence-corrected chi connectivity index (χ0v) is 13.5. The highest BCUT2D eigenvalue weighted by molar-refractivity contribution is 5.85. The summed E-state index contributed by atoms with van der Waals surface area (Å²) < 4.78 is 5.71. The van der Waals surface area contributed by atoms with Crippen molar-refractivity contribution in [2.75, 3.05) is 6.54 Å². The second-order valence-corrected chi connectivity index (χ2v) is 5.57. The van der Waals surface area contributed by atoms with E-state index < -0.39 is 0 Å². The van der Waals surface area contributed by atoms with Crippen LogP contribution in [0.4, 0.5) is 0 Å². The minimum Gasteiger partial charge on any atom is -0.489 e. The fourth-order valence-electron chi connectivity index (χ4n) is 2.90. The Morgan fingerprint density at radius 1 is 1.30 bits per heavy atom. The Balaban J connectivity index is 0.000001000. The van der Waals surface area contributed by atoms with Crippen LogP contribution < -0.4 is 10.1 Å². The third kappa shape index (κ3) is 3.87. The van der Waals surface area contributed by atoms with Crippen molar-refractivity contribution >= 4 is 30.4 Å². The Morgan fingerprint density at radius 2 is 2.10 bits per heavy atom. The molecule has 3 rings (SSSR count). The lowest BCUT2D eigenvalue weighted by Gasteiger charge is -2.19. The van der Waals surface area contributed by atoms with Crippen LogP contribution in [0, 0.1) is 5.92 Å². The van der Waals surface area contributed by atoms with E-state index in [9.17, 15) is 0 Å². The molecule has 2 bridgehead atoms. The highest BCUT2D eigenvalue weighted by Crippen LogP contribution is 2.34. The van der Waals surface area contributed by atoms with E-state index in [0.29, 0.717) is 12.0 Å². The second-order valence-electron chi connectivity index (χ2n) is 5.57. The summed E-state index contributed by atoms with van der Waals surface area (Å²) in [7, 11) is 0. The summed E-state index contributed by atoms with van der Waals surface area (Å²) in [6, 6.07) is 2.77. The fourth-order valence-corrected chi connectivity index (χ4v) is 2.90. The van der Waals surface area contributed by atoms with Crippen molar-refractivity contribution in [3.63, 3.8) is 0 Å². The molecule has 2 heterocycles. The van der Waals surface area contributed by atoms with E-state index in [1.807, 2.05) is 20.0 Å². The first-order valence-corrected chi connectivity index (χ1v) is 6.77. The Hall–Kier alpha value is -0.770. The Morgan fingerprint density at radius 3 is 2.80 bits per heavy atom. The summed E-state index contributed by atoms with van der Waals surface area (Å²) in [5.74, 6) is 1.57. The number of rotatable bonds is 3. The number of hydrogen-bond acceptors (Lipinski definition) is 3. The Labute approximate surface area is 133 Å². The van der Waals surface area contributed by atoms with Crippen molar-refractivity contribution < 1.29 is 4.74 Å². The molecule has 1 fully saturated rings. The lowest BCUT2D eigenvalue weighted by Crippen LogP contribution is -2.21. The van der Waals surface area contributed by atoms with E-state index in [-0.39, 0.29) is 30.9 Å². The van der Waals surface area contributed by atoms with Gasteiger partial charge in [0.1, 0.15) is 5.75 Å². The van der Waals surface area contributed by atoms with E-state index in [4.69, 9.17) is 4.74 Å². The normalized spacial score (nSPS) is 23.6. The van der Waals surface area contributed by atoms with E-state index >= 15 is 0 Å². The zero-order valence-electron chi connectivity index (χ0n) is 11.8. The molecule has 5 heteroatoms. The molecule has 1 aliphatic heterocycles. The third-order valence-corrected chi connectivity index (χ3v) is 3.61. The smallest absolute Gasteiger partial charge is 0.138 e. The van der Waals surface area contributed by atoms with Gasteiger partial charge in [-0.05, 0) is 49.8 Å². The first kappa shape index (κ1) is 17.3. The van der Waals surface area contributed by atoms with Crippen molar-refractivity contribution in [2.24, 2.45) is 5.92 Å². The number of nitrogens with one attached hydrogen (secondary N) is 1. The first-order chi connectivity index (χ1) is 8.70. The molecule has 0 saturated carbocycles. The first-order valence-electron chi connectivity index (χ1n) is 6.77. The van der Waals surface area contributed by atoms with Crippen molar-refractivity contribution in [3.05, 3.63) is 30.1 Å². The molecular formula is C15H22Cl2N2O. The maximum atomic E-state index is 5.71. The van der Waals surface area contributed by atoms with Crippen LogP contribution in [-0.2, 0) is 0 Å². The van der Waals surface area contributed by atoms with Crippen molar-refractivity contribution in [1.82, 2.24) is 10.3 Å². The van der Waals surface area contributed by atoms with Gasteiger partial charge in [-0.2, -0.15) is 0 Å². The molecule has 1 aliphatic carbocycles. The fraction of sp³-hybridized carbons (Fsp3) is 0.533. The van der Waals surface area contributed by atoms with E-state index in [1.165, 1.54) is 17.6 Å². The van der Waals surface area contributed by atoms with Crippen LogP contribution in [0.25, 0.3) is 5.57 Å². The van der Waals surface area contributed by atoms with Crippen molar-refractivity contribution in [2.45, 2.75) is 38.8 Å². The number of halogens is 2. The van der Waals surface area contributed by atoms with E-state index in [1.54, 1.807) is 6.20 Å². The molecule has 3 nitrogen and oxygen atoms in total. The zero-order chi connectivity index (χ0) is 12.5. The molecule has 0 aromatic carbocycles. The molecule has 0 spiro atoms. The topological polar surface area (TPSA) is 34.1 Å². The van der Waals surface area contributed by atoms with Crippen LogP contribution >= 0.6 is 24.8 Å². The molecule has 2 aliphatic rings. The highest BCUT2D eigenvalue weighted by Gasteiger charge is 2.28. The molecule has 1 N–H and O–H groups in total. The molecule has 1 aromatic heterocycles. The lowest BCUT2D eigenvalue weighted by molar-refractivity contribution is 0.241. The van der Waals surface area contributed by atoms with Crippen LogP contribution in [-0.4, -0.2) is 23.7 Å². The predicted octanol–water partition coefficient (Wildman–Crippen LogP) is 3.48. The summed E-state index contributed by atoms with van der Waals surface area (Å²) in [6.07, 6.45) is 8.75. The van der Waals surface area contributed by atoms with Gasteiger partial charge >= 0.3 is 0 Å². The van der Waals surface area contributed by atoms with Gasteiger partial charge in [0.25, 0.3) is 0 Å². The minimum absolute atomic E-state index is 0. The van der Waals surface area contributed by atoms with Crippen molar-refractivity contribution in [1.29, 1.82) is 0 Å². The number of ether oxygens (including phenoxy) is 1. The highest BCUT2D eigenvalue weighted by atomic mass is 35.5. The van der Waals surface area contributed by atoms with Gasteiger partial charge in [0.05, 0.1) is 12.3 Å². The Bertz CT molecular complexity index is 477. The second kappa shape index (κ2) is 7.30. The maximum absolute atomic E-state index is 5.71. The summed E-state index contributed by atoms with van der Waals surface area (Å²) in [4.78, 5) is 4.30.